The molecular formula is C25H29FN6OS. The van der Waals surface area contributed by atoms with Gasteiger partial charge in [-0.05, 0) is 63.9 Å². The van der Waals surface area contributed by atoms with Crippen LogP contribution in [0.25, 0.3) is 16.6 Å². The predicted molar refractivity (Wildman–Crippen MR) is 130 cm³/mol. The molecule has 0 spiro atoms. The van der Waals surface area contributed by atoms with E-state index >= 15 is 0 Å². The zero-order chi connectivity index (χ0) is 23.7. The van der Waals surface area contributed by atoms with Crippen molar-refractivity contribution in [1.82, 2.24) is 29.3 Å². The van der Waals surface area contributed by atoms with Gasteiger partial charge in [-0.15, -0.1) is 0 Å². The minimum atomic E-state index is -0.334. The number of fused-ring (bicyclic) bond motifs is 1. The summed E-state index contributed by atoms with van der Waals surface area (Å²) in [5.74, 6) is -0.334. The Kier molecular flexibility index (Phi) is 6.67. The molecule has 5 rings (SSSR count). The quantitative estimate of drug-likeness (QED) is 0.417. The van der Waals surface area contributed by atoms with Gasteiger partial charge in [0.15, 0.2) is 5.82 Å². The van der Waals surface area contributed by atoms with E-state index in [-0.39, 0.29) is 12.4 Å². The van der Waals surface area contributed by atoms with E-state index < -0.39 is 0 Å². The molecule has 1 saturated carbocycles. The molecule has 0 unspecified atom stereocenters. The Morgan fingerprint density at radius 1 is 1.18 bits per heavy atom. The number of likely N-dealkylation sites (N-methyl/N-ethyl adjacent to an activating group) is 1. The third-order valence-electron chi connectivity index (χ3n) is 6.85. The van der Waals surface area contributed by atoms with Crippen LogP contribution < -0.4 is 0 Å². The van der Waals surface area contributed by atoms with Gasteiger partial charge in [0.25, 0.3) is 0 Å². The average Bonchev–Trinajstić information content (AvgIpc) is 3.47. The Morgan fingerprint density at radius 3 is 2.76 bits per heavy atom. The van der Waals surface area contributed by atoms with Crippen LogP contribution in [0.5, 0.6) is 0 Å². The normalized spacial score (nSPS) is 18.7. The van der Waals surface area contributed by atoms with Gasteiger partial charge in [0.1, 0.15) is 5.03 Å². The van der Waals surface area contributed by atoms with Crippen LogP contribution in [0.2, 0.25) is 0 Å². The lowest BCUT2D eigenvalue weighted by atomic mass is 9.90. The van der Waals surface area contributed by atoms with Crippen LogP contribution in [0.15, 0.2) is 59.0 Å². The zero-order valence-electron chi connectivity index (χ0n) is 19.4. The second-order valence-electron chi connectivity index (χ2n) is 8.90. The van der Waals surface area contributed by atoms with E-state index in [2.05, 4.69) is 39.7 Å². The first-order valence-electron chi connectivity index (χ1n) is 11.7. The van der Waals surface area contributed by atoms with Crippen LogP contribution in [-0.2, 0) is 0 Å². The molecule has 1 fully saturated rings. The minimum absolute atomic E-state index is 0.200. The van der Waals surface area contributed by atoms with Crippen LogP contribution in [0.4, 0.5) is 4.39 Å². The Bertz CT molecular complexity index is 1280. The van der Waals surface area contributed by atoms with Crippen molar-refractivity contribution in [2.75, 3.05) is 20.2 Å². The standard InChI is InChI=1S/C25H29FN6OS/c1-17-21(15-29-32(17)20-7-5-19(6-8-20)30(2)12-13-33)18-14-24(23-9-11-28-31(23)16-18)34-25-22(26)4-3-10-27-25/h3-4,9-11,14-16,19-20,33H,5-8,12-13H2,1-2H3. The van der Waals surface area contributed by atoms with E-state index in [1.807, 2.05) is 23.0 Å². The van der Waals surface area contributed by atoms with Crippen LogP contribution in [0.3, 0.4) is 0 Å². The number of pyridine rings is 2. The zero-order valence-corrected chi connectivity index (χ0v) is 20.2. The Hall–Kier alpha value is -2.75. The summed E-state index contributed by atoms with van der Waals surface area (Å²) < 4.78 is 18.3. The Morgan fingerprint density at radius 2 is 2.00 bits per heavy atom. The fourth-order valence-electron chi connectivity index (χ4n) is 4.93. The van der Waals surface area contributed by atoms with E-state index in [0.717, 1.165) is 59.5 Å². The van der Waals surface area contributed by atoms with Crippen LogP contribution >= 0.6 is 11.8 Å². The molecule has 178 valence electrons. The van der Waals surface area contributed by atoms with E-state index in [1.54, 1.807) is 18.5 Å². The summed E-state index contributed by atoms with van der Waals surface area (Å²) >= 11 is 1.31. The van der Waals surface area contributed by atoms with E-state index in [9.17, 15) is 9.50 Å². The topological polar surface area (TPSA) is 71.5 Å². The lowest BCUT2D eigenvalue weighted by Crippen LogP contribution is -2.37. The van der Waals surface area contributed by atoms with Crippen molar-refractivity contribution < 1.29 is 9.50 Å². The molecule has 0 saturated heterocycles. The molecule has 0 aliphatic heterocycles. The lowest BCUT2D eigenvalue weighted by Gasteiger charge is -2.34. The summed E-state index contributed by atoms with van der Waals surface area (Å²) in [6.07, 6.45) is 11.6. The van der Waals surface area contributed by atoms with E-state index in [4.69, 9.17) is 5.10 Å². The Labute approximate surface area is 202 Å². The molecule has 7 nitrogen and oxygen atoms in total. The van der Waals surface area contributed by atoms with Gasteiger partial charge in [-0.2, -0.15) is 10.2 Å². The molecule has 0 radical (unpaired) electrons. The molecule has 9 heteroatoms. The molecule has 1 N–H and O–H groups in total. The molecule has 0 aromatic carbocycles. The number of aliphatic hydroxyl groups excluding tert-OH is 1. The van der Waals surface area contributed by atoms with Gasteiger partial charge in [0.2, 0.25) is 0 Å². The first-order valence-corrected chi connectivity index (χ1v) is 12.5. The lowest BCUT2D eigenvalue weighted by molar-refractivity contribution is 0.134. The van der Waals surface area contributed by atoms with Crippen molar-refractivity contribution in [2.24, 2.45) is 0 Å². The van der Waals surface area contributed by atoms with Gasteiger partial charge in [-0.3, -0.25) is 4.68 Å². The fourth-order valence-corrected chi connectivity index (χ4v) is 5.87. The van der Waals surface area contributed by atoms with Gasteiger partial charge in [0, 0.05) is 46.7 Å². The smallest absolute Gasteiger partial charge is 0.155 e. The van der Waals surface area contributed by atoms with E-state index in [0.29, 0.717) is 17.1 Å². The summed E-state index contributed by atoms with van der Waals surface area (Å²) in [4.78, 5) is 7.36. The molecule has 0 atom stereocenters. The van der Waals surface area contributed by atoms with Crippen molar-refractivity contribution >= 4 is 17.3 Å². The van der Waals surface area contributed by atoms with Gasteiger partial charge < -0.3 is 10.0 Å². The monoisotopic (exact) mass is 480 g/mol. The molecule has 1 aliphatic carbocycles. The summed E-state index contributed by atoms with van der Waals surface area (Å²) in [6, 6.07) is 7.92. The SMILES string of the molecule is Cc1c(-c2cc(Sc3ncccc3F)c3ccnn3c2)cnn1C1CCC(N(C)CCO)CC1. The maximum Gasteiger partial charge on any atom is 0.155 e. The highest BCUT2D eigenvalue weighted by Gasteiger charge is 2.27. The van der Waals surface area contributed by atoms with Crippen molar-refractivity contribution in [3.05, 3.63) is 60.6 Å². The van der Waals surface area contributed by atoms with Crippen LogP contribution in [-0.4, -0.2) is 60.6 Å². The highest BCUT2D eigenvalue weighted by molar-refractivity contribution is 7.99. The fraction of sp³-hybridized carbons (Fsp3) is 0.400. The van der Waals surface area contributed by atoms with Gasteiger partial charge in [0.05, 0.1) is 30.6 Å². The van der Waals surface area contributed by atoms with Crippen molar-refractivity contribution in [3.8, 4) is 11.1 Å². The van der Waals surface area contributed by atoms with Crippen molar-refractivity contribution in [1.29, 1.82) is 0 Å². The third-order valence-corrected chi connectivity index (χ3v) is 7.89. The molecule has 0 bridgehead atoms. The first-order chi connectivity index (χ1) is 16.5. The highest BCUT2D eigenvalue weighted by atomic mass is 32.2. The number of nitrogens with zero attached hydrogens (tertiary/aromatic N) is 6. The van der Waals surface area contributed by atoms with Gasteiger partial charge in [-0.25, -0.2) is 13.9 Å². The number of halogens is 1. The first kappa shape index (κ1) is 23.0. The number of aromatic nitrogens is 5. The summed E-state index contributed by atoms with van der Waals surface area (Å²) in [5, 5.41) is 18.8. The number of aliphatic hydroxyl groups is 1. The number of hydrogen-bond acceptors (Lipinski definition) is 6. The van der Waals surface area contributed by atoms with Gasteiger partial charge >= 0.3 is 0 Å². The van der Waals surface area contributed by atoms with Crippen LogP contribution in [0.1, 0.15) is 37.4 Å². The van der Waals surface area contributed by atoms with E-state index in [1.165, 1.54) is 17.8 Å². The minimum Gasteiger partial charge on any atom is -0.395 e. The number of hydrogen-bond donors (Lipinski definition) is 1. The predicted octanol–water partition coefficient (Wildman–Crippen LogP) is 4.60. The molecular weight excluding hydrogens is 451 g/mol. The summed E-state index contributed by atoms with van der Waals surface area (Å²) in [7, 11) is 2.09. The molecule has 4 aromatic rings. The average molecular weight is 481 g/mol. The van der Waals surface area contributed by atoms with Crippen LogP contribution in [0, 0.1) is 12.7 Å². The second-order valence-corrected chi connectivity index (χ2v) is 9.93. The molecule has 34 heavy (non-hydrogen) atoms. The van der Waals surface area contributed by atoms with Gasteiger partial charge in [-0.1, -0.05) is 11.8 Å². The molecule has 4 aromatic heterocycles. The molecule has 1 aliphatic rings. The molecule has 4 heterocycles. The molecule has 0 amide bonds. The summed E-state index contributed by atoms with van der Waals surface area (Å²) in [5.41, 5.74) is 4.09. The van der Waals surface area contributed by atoms with Crippen molar-refractivity contribution in [2.45, 2.75) is 54.6 Å². The Balaban J connectivity index is 1.41. The third kappa shape index (κ3) is 4.47. The van der Waals surface area contributed by atoms with Crippen molar-refractivity contribution in [3.63, 3.8) is 0 Å². The maximum absolute atomic E-state index is 14.3. The highest BCUT2D eigenvalue weighted by Crippen LogP contribution is 2.37. The second kappa shape index (κ2) is 9.85. The maximum atomic E-state index is 14.3. The largest absolute Gasteiger partial charge is 0.395 e. The summed E-state index contributed by atoms with van der Waals surface area (Å²) in [6.45, 7) is 3.04. The number of rotatable bonds is 7.